The minimum absolute atomic E-state index is 0.0827. The number of fused-ring (bicyclic) bond motifs is 1. The molecule has 3 heterocycles. The molecule has 0 N–H and O–H groups in total. The predicted molar refractivity (Wildman–Crippen MR) is 73.0 cm³/mol. The third-order valence-corrected chi connectivity index (χ3v) is 4.32. The second-order valence-electron chi connectivity index (χ2n) is 4.72. The van der Waals surface area contributed by atoms with Crippen molar-refractivity contribution in [2.75, 3.05) is 0 Å². The van der Waals surface area contributed by atoms with E-state index in [1.54, 1.807) is 17.8 Å². The summed E-state index contributed by atoms with van der Waals surface area (Å²) < 4.78 is 4.18. The summed E-state index contributed by atoms with van der Waals surface area (Å²) in [6, 6.07) is 0. The van der Waals surface area contributed by atoms with E-state index in [0.29, 0.717) is 16.7 Å². The van der Waals surface area contributed by atoms with Crippen LogP contribution in [0, 0.1) is 6.92 Å². The molecular weight excluding hydrogens is 310 g/mol. The van der Waals surface area contributed by atoms with Crippen molar-refractivity contribution < 1.29 is 0 Å². The number of halogens is 1. The smallest absolute Gasteiger partial charge is 0.268 e. The van der Waals surface area contributed by atoms with Crippen LogP contribution in [-0.2, 0) is 19.5 Å². The molecule has 6 nitrogen and oxygen atoms in total. The Kier molecular flexibility index (Phi) is 3.22. The van der Waals surface area contributed by atoms with E-state index in [2.05, 4.69) is 35.7 Å². The lowest BCUT2D eigenvalue weighted by Crippen LogP contribution is -2.25. The zero-order valence-corrected chi connectivity index (χ0v) is 12.2. The minimum Gasteiger partial charge on any atom is -0.313 e. The summed E-state index contributed by atoms with van der Waals surface area (Å²) in [6.07, 6.45) is 4.84. The van der Waals surface area contributed by atoms with Crippen molar-refractivity contribution in [2.45, 2.75) is 39.3 Å². The zero-order chi connectivity index (χ0) is 13.4. The first-order valence-electron chi connectivity index (χ1n) is 6.29. The van der Waals surface area contributed by atoms with E-state index in [-0.39, 0.29) is 5.56 Å². The van der Waals surface area contributed by atoms with Gasteiger partial charge in [0.1, 0.15) is 10.3 Å². The second kappa shape index (κ2) is 4.88. The molecule has 0 amide bonds. The van der Waals surface area contributed by atoms with Crippen LogP contribution in [0.1, 0.15) is 30.2 Å². The Morgan fingerprint density at radius 2 is 2.21 bits per heavy atom. The number of aromatic nitrogens is 5. The van der Waals surface area contributed by atoms with Gasteiger partial charge in [0.2, 0.25) is 0 Å². The highest BCUT2D eigenvalue weighted by Crippen LogP contribution is 2.15. The van der Waals surface area contributed by atoms with E-state index < -0.39 is 0 Å². The monoisotopic (exact) mass is 323 g/mol. The summed E-state index contributed by atoms with van der Waals surface area (Å²) in [5, 5.41) is 8.38. The first-order chi connectivity index (χ1) is 9.16. The molecule has 0 unspecified atom stereocenters. The van der Waals surface area contributed by atoms with Crippen molar-refractivity contribution in [1.29, 1.82) is 0 Å². The molecule has 7 heteroatoms. The van der Waals surface area contributed by atoms with Gasteiger partial charge in [-0.1, -0.05) is 0 Å². The Morgan fingerprint density at radius 3 is 3.05 bits per heavy atom. The van der Waals surface area contributed by atoms with Crippen molar-refractivity contribution in [3.63, 3.8) is 0 Å². The lowest BCUT2D eigenvalue weighted by atomic mass is 10.2. The number of hydrogen-bond donors (Lipinski definition) is 0. The van der Waals surface area contributed by atoms with Crippen molar-refractivity contribution in [3.05, 3.63) is 38.5 Å². The Hall–Kier alpha value is -1.50. The van der Waals surface area contributed by atoms with Crippen LogP contribution in [0.15, 0.2) is 15.6 Å². The minimum atomic E-state index is -0.0827. The average molecular weight is 324 g/mol. The molecule has 3 rings (SSSR count). The Labute approximate surface area is 118 Å². The Balaban J connectivity index is 1.96. The largest absolute Gasteiger partial charge is 0.313 e. The summed E-state index contributed by atoms with van der Waals surface area (Å²) in [5.74, 6) is 1.85. The average Bonchev–Trinajstić information content (AvgIpc) is 2.83. The van der Waals surface area contributed by atoms with Crippen LogP contribution in [0.2, 0.25) is 0 Å². The van der Waals surface area contributed by atoms with Gasteiger partial charge in [0, 0.05) is 13.0 Å². The first kappa shape index (κ1) is 12.5. The normalized spacial score (nSPS) is 14.4. The molecule has 0 saturated carbocycles. The number of nitrogens with zero attached hydrogens (tertiary/aromatic N) is 5. The predicted octanol–water partition coefficient (Wildman–Crippen LogP) is 1.29. The summed E-state index contributed by atoms with van der Waals surface area (Å²) in [5.41, 5.74) is 0.616. The maximum absolute atomic E-state index is 12.1. The van der Waals surface area contributed by atoms with Crippen LogP contribution in [-0.4, -0.2) is 24.3 Å². The molecule has 19 heavy (non-hydrogen) atoms. The summed E-state index contributed by atoms with van der Waals surface area (Å²) in [7, 11) is 0. The van der Waals surface area contributed by atoms with Gasteiger partial charge in [-0.2, -0.15) is 0 Å². The molecule has 0 fully saturated rings. The Bertz CT molecular complexity index is 675. The molecule has 0 saturated heterocycles. The third kappa shape index (κ3) is 2.22. The molecule has 0 spiro atoms. The molecule has 2 aromatic heterocycles. The fraction of sp³-hybridized carbons (Fsp3) is 0.500. The van der Waals surface area contributed by atoms with Gasteiger partial charge in [0.25, 0.3) is 5.56 Å². The van der Waals surface area contributed by atoms with Crippen LogP contribution in [0.4, 0.5) is 0 Å². The van der Waals surface area contributed by atoms with Gasteiger partial charge in [-0.05, 0) is 35.7 Å². The van der Waals surface area contributed by atoms with Crippen LogP contribution in [0.25, 0.3) is 0 Å². The van der Waals surface area contributed by atoms with Crippen molar-refractivity contribution >= 4 is 15.9 Å². The van der Waals surface area contributed by atoms with Crippen LogP contribution >= 0.6 is 15.9 Å². The summed E-state index contributed by atoms with van der Waals surface area (Å²) in [4.78, 5) is 16.3. The first-order valence-corrected chi connectivity index (χ1v) is 7.08. The van der Waals surface area contributed by atoms with E-state index in [1.807, 2.05) is 0 Å². The maximum atomic E-state index is 12.1. The molecule has 2 aromatic rings. The highest BCUT2D eigenvalue weighted by molar-refractivity contribution is 9.10. The molecular formula is C12H14BrN5O. The highest BCUT2D eigenvalue weighted by atomic mass is 79.9. The van der Waals surface area contributed by atoms with E-state index in [4.69, 9.17) is 0 Å². The molecule has 0 aromatic carbocycles. The van der Waals surface area contributed by atoms with Crippen molar-refractivity contribution in [2.24, 2.45) is 0 Å². The van der Waals surface area contributed by atoms with Gasteiger partial charge in [-0.25, -0.2) is 4.98 Å². The second-order valence-corrected chi connectivity index (χ2v) is 5.51. The van der Waals surface area contributed by atoms with Crippen molar-refractivity contribution in [1.82, 2.24) is 24.3 Å². The van der Waals surface area contributed by atoms with E-state index >= 15 is 0 Å². The number of aryl methyl sites for hydroxylation is 2. The number of hydrogen-bond acceptors (Lipinski definition) is 4. The fourth-order valence-corrected chi connectivity index (χ4v) is 2.63. The quantitative estimate of drug-likeness (QED) is 0.835. The van der Waals surface area contributed by atoms with E-state index in [0.717, 1.165) is 37.5 Å². The standard InChI is InChI=1S/C12H14BrN5O/c1-8-11(13)12(19)17(7-14-8)6-10-16-15-9-4-2-3-5-18(9)10/h7H,2-6H2,1H3. The lowest BCUT2D eigenvalue weighted by Gasteiger charge is -2.15. The van der Waals surface area contributed by atoms with Gasteiger partial charge in [-0.15, -0.1) is 10.2 Å². The molecule has 1 aliphatic rings. The number of rotatable bonds is 2. The van der Waals surface area contributed by atoms with Crippen molar-refractivity contribution in [3.8, 4) is 0 Å². The molecule has 100 valence electrons. The molecule has 0 aliphatic carbocycles. The topological polar surface area (TPSA) is 65.6 Å². The highest BCUT2D eigenvalue weighted by Gasteiger charge is 2.16. The molecule has 0 radical (unpaired) electrons. The summed E-state index contributed by atoms with van der Waals surface area (Å²) in [6.45, 7) is 3.15. The van der Waals surface area contributed by atoms with Crippen LogP contribution < -0.4 is 5.56 Å². The lowest BCUT2D eigenvalue weighted by molar-refractivity contribution is 0.499. The third-order valence-electron chi connectivity index (χ3n) is 3.40. The molecule has 0 atom stereocenters. The van der Waals surface area contributed by atoms with Crippen LogP contribution in [0.3, 0.4) is 0 Å². The van der Waals surface area contributed by atoms with Gasteiger partial charge < -0.3 is 4.57 Å². The maximum Gasteiger partial charge on any atom is 0.268 e. The van der Waals surface area contributed by atoms with Gasteiger partial charge in [0.15, 0.2) is 5.82 Å². The molecule has 1 aliphatic heterocycles. The van der Waals surface area contributed by atoms with E-state index in [9.17, 15) is 4.79 Å². The fourth-order valence-electron chi connectivity index (χ4n) is 2.30. The van der Waals surface area contributed by atoms with Crippen LogP contribution in [0.5, 0.6) is 0 Å². The van der Waals surface area contributed by atoms with E-state index in [1.165, 1.54) is 0 Å². The molecule has 0 bridgehead atoms. The Morgan fingerprint density at radius 1 is 1.37 bits per heavy atom. The zero-order valence-electron chi connectivity index (χ0n) is 10.6. The van der Waals surface area contributed by atoms with Gasteiger partial charge in [0.05, 0.1) is 18.6 Å². The summed E-state index contributed by atoms with van der Waals surface area (Å²) >= 11 is 3.27. The van der Waals surface area contributed by atoms with Gasteiger partial charge >= 0.3 is 0 Å². The van der Waals surface area contributed by atoms with Gasteiger partial charge in [-0.3, -0.25) is 9.36 Å². The SMILES string of the molecule is Cc1ncn(Cc2nnc3n2CCCC3)c(=O)c1Br.